The van der Waals surface area contributed by atoms with E-state index in [4.69, 9.17) is 5.84 Å². The molecule has 3 N–H and O–H groups in total. The Morgan fingerprint density at radius 2 is 2.26 bits per heavy atom. The third kappa shape index (κ3) is 3.23. The Morgan fingerprint density at radius 3 is 2.84 bits per heavy atom. The van der Waals surface area contributed by atoms with Gasteiger partial charge in [-0.15, -0.1) is 0 Å². The van der Waals surface area contributed by atoms with Gasteiger partial charge in [0.25, 0.3) is 5.91 Å². The maximum absolute atomic E-state index is 13.6. The van der Waals surface area contributed by atoms with Gasteiger partial charge in [0.05, 0.1) is 11.3 Å². The third-order valence-corrected chi connectivity index (χ3v) is 3.34. The van der Waals surface area contributed by atoms with Gasteiger partial charge in [0.1, 0.15) is 5.82 Å². The van der Waals surface area contributed by atoms with Crippen molar-refractivity contribution in [2.24, 2.45) is 11.8 Å². The van der Waals surface area contributed by atoms with E-state index in [-0.39, 0.29) is 11.6 Å². The molecule has 0 heterocycles. The third-order valence-electron chi connectivity index (χ3n) is 3.34. The van der Waals surface area contributed by atoms with Crippen molar-refractivity contribution in [2.45, 2.75) is 26.2 Å². The summed E-state index contributed by atoms with van der Waals surface area (Å²) in [6, 6.07) is 4.43. The second kappa shape index (κ2) is 6.02. The number of nitrogen functional groups attached to an aromatic ring is 1. The smallest absolute Gasteiger partial charge is 0.256 e. The number of nitrogens with one attached hydrogen (secondary N) is 1. The number of nitrogens with two attached hydrogens (primary N) is 1. The number of hydrogen-bond acceptors (Lipinski definition) is 3. The molecule has 0 spiro atoms. The fraction of sp³-hybridized carbons (Fsp3) is 0.500. The van der Waals surface area contributed by atoms with Gasteiger partial charge in [-0.25, -0.2) is 4.39 Å². The molecule has 1 aromatic carbocycles. The number of halogens is 1. The zero-order valence-electron chi connectivity index (χ0n) is 11.2. The number of amides is 1. The molecule has 0 aliphatic heterocycles. The molecule has 0 bridgehead atoms. The predicted octanol–water partition coefficient (Wildman–Crippen LogP) is 2.37. The molecular weight excluding hydrogens is 245 g/mol. The summed E-state index contributed by atoms with van der Waals surface area (Å²) in [4.78, 5) is 14.3. The molecule has 1 aromatic rings. The van der Waals surface area contributed by atoms with Crippen LogP contribution in [-0.4, -0.2) is 23.9 Å². The van der Waals surface area contributed by atoms with Crippen LogP contribution in [0.4, 0.5) is 10.1 Å². The number of hydrogen-bond donors (Lipinski definition) is 2. The van der Waals surface area contributed by atoms with E-state index < -0.39 is 5.82 Å². The summed E-state index contributed by atoms with van der Waals surface area (Å²) in [5.74, 6) is 5.27. The maximum Gasteiger partial charge on any atom is 0.256 e. The van der Waals surface area contributed by atoms with Crippen LogP contribution in [-0.2, 0) is 0 Å². The fourth-order valence-electron chi connectivity index (χ4n) is 2.18. The van der Waals surface area contributed by atoms with E-state index in [0.29, 0.717) is 18.0 Å². The van der Waals surface area contributed by atoms with Crippen molar-refractivity contribution >= 4 is 11.6 Å². The topological polar surface area (TPSA) is 58.4 Å². The molecule has 1 amide bonds. The van der Waals surface area contributed by atoms with Crippen molar-refractivity contribution in [3.63, 3.8) is 0 Å². The van der Waals surface area contributed by atoms with Crippen molar-refractivity contribution in [3.8, 4) is 0 Å². The van der Waals surface area contributed by atoms with Gasteiger partial charge < -0.3 is 10.3 Å². The number of para-hydroxylation sites is 1. The van der Waals surface area contributed by atoms with Crippen LogP contribution < -0.4 is 11.3 Å². The van der Waals surface area contributed by atoms with Crippen LogP contribution in [0.1, 0.15) is 36.5 Å². The molecule has 0 atom stereocenters. The van der Waals surface area contributed by atoms with Crippen molar-refractivity contribution in [3.05, 3.63) is 29.6 Å². The molecule has 5 heteroatoms. The number of carbonyl (C=O) groups excluding carboxylic acids is 1. The summed E-state index contributed by atoms with van der Waals surface area (Å²) in [5.41, 5.74) is 2.66. The zero-order chi connectivity index (χ0) is 13.8. The van der Waals surface area contributed by atoms with Crippen LogP contribution >= 0.6 is 0 Å². The first-order valence-corrected chi connectivity index (χ1v) is 6.71. The lowest BCUT2D eigenvalue weighted by molar-refractivity contribution is 0.0748. The highest BCUT2D eigenvalue weighted by Crippen LogP contribution is 2.31. The SMILES string of the molecule is CCCN(CC1CC1)C(=O)c1cccc(F)c1NN. The van der Waals surface area contributed by atoms with Crippen molar-refractivity contribution in [2.75, 3.05) is 18.5 Å². The van der Waals surface area contributed by atoms with E-state index in [2.05, 4.69) is 5.43 Å². The largest absolute Gasteiger partial charge is 0.338 e. The molecule has 1 fully saturated rings. The van der Waals surface area contributed by atoms with Crippen molar-refractivity contribution < 1.29 is 9.18 Å². The Bertz CT molecular complexity index is 460. The van der Waals surface area contributed by atoms with E-state index in [1.54, 1.807) is 11.0 Å². The van der Waals surface area contributed by atoms with Gasteiger partial charge in [0.15, 0.2) is 0 Å². The van der Waals surface area contributed by atoms with E-state index in [1.807, 2.05) is 6.92 Å². The molecule has 0 aromatic heterocycles. The Balaban J connectivity index is 2.22. The molecule has 0 saturated heterocycles. The number of benzene rings is 1. The maximum atomic E-state index is 13.6. The lowest BCUT2D eigenvalue weighted by atomic mass is 10.1. The summed E-state index contributed by atoms with van der Waals surface area (Å²) >= 11 is 0. The van der Waals surface area contributed by atoms with Crippen molar-refractivity contribution in [1.29, 1.82) is 0 Å². The fourth-order valence-corrected chi connectivity index (χ4v) is 2.18. The molecule has 1 saturated carbocycles. The van der Waals surface area contributed by atoms with Crippen LogP contribution in [0.3, 0.4) is 0 Å². The molecule has 0 radical (unpaired) electrons. The molecule has 1 aliphatic carbocycles. The van der Waals surface area contributed by atoms with Crippen LogP contribution in [0.2, 0.25) is 0 Å². The highest BCUT2D eigenvalue weighted by Gasteiger charge is 2.28. The minimum absolute atomic E-state index is 0.0735. The predicted molar refractivity (Wildman–Crippen MR) is 73.1 cm³/mol. The van der Waals surface area contributed by atoms with Crippen molar-refractivity contribution in [1.82, 2.24) is 4.90 Å². The highest BCUT2D eigenvalue weighted by atomic mass is 19.1. The first kappa shape index (κ1) is 13.8. The number of nitrogens with zero attached hydrogens (tertiary/aromatic N) is 1. The molecule has 104 valence electrons. The molecule has 4 nitrogen and oxygen atoms in total. The summed E-state index contributed by atoms with van der Waals surface area (Å²) < 4.78 is 13.6. The first-order valence-electron chi connectivity index (χ1n) is 6.71. The number of hydrazine groups is 1. The Kier molecular flexibility index (Phi) is 4.37. The molecule has 19 heavy (non-hydrogen) atoms. The second-order valence-electron chi connectivity index (χ2n) is 5.00. The molecule has 2 rings (SSSR count). The lowest BCUT2D eigenvalue weighted by Crippen LogP contribution is -2.34. The van der Waals surface area contributed by atoms with Crippen LogP contribution in [0.15, 0.2) is 18.2 Å². The van der Waals surface area contributed by atoms with Gasteiger partial charge >= 0.3 is 0 Å². The summed E-state index contributed by atoms with van der Waals surface area (Å²) in [6.07, 6.45) is 3.25. The van der Waals surface area contributed by atoms with Gasteiger partial charge in [-0.3, -0.25) is 10.6 Å². The lowest BCUT2D eigenvalue weighted by Gasteiger charge is -2.23. The van der Waals surface area contributed by atoms with E-state index in [9.17, 15) is 9.18 Å². The molecule has 0 unspecified atom stereocenters. The molecular formula is C14H20FN3O. The van der Waals surface area contributed by atoms with Gasteiger partial charge in [-0.2, -0.15) is 0 Å². The average molecular weight is 265 g/mol. The van der Waals surface area contributed by atoms with Crippen LogP contribution in [0.25, 0.3) is 0 Å². The summed E-state index contributed by atoms with van der Waals surface area (Å²) in [5, 5.41) is 0. The minimum Gasteiger partial charge on any atom is -0.338 e. The van der Waals surface area contributed by atoms with E-state index >= 15 is 0 Å². The minimum atomic E-state index is -0.503. The van der Waals surface area contributed by atoms with E-state index in [1.165, 1.54) is 25.0 Å². The van der Waals surface area contributed by atoms with Gasteiger partial charge in [0, 0.05) is 13.1 Å². The number of carbonyl (C=O) groups is 1. The first-order chi connectivity index (χ1) is 9.17. The molecule has 1 aliphatic rings. The Hall–Kier alpha value is -1.62. The van der Waals surface area contributed by atoms with E-state index in [0.717, 1.165) is 13.0 Å². The quantitative estimate of drug-likeness (QED) is 0.613. The Morgan fingerprint density at radius 1 is 1.53 bits per heavy atom. The zero-order valence-corrected chi connectivity index (χ0v) is 11.2. The number of anilines is 1. The van der Waals surface area contributed by atoms with Crippen LogP contribution in [0.5, 0.6) is 0 Å². The normalized spacial score (nSPS) is 14.3. The monoisotopic (exact) mass is 265 g/mol. The number of rotatable bonds is 6. The second-order valence-corrected chi connectivity index (χ2v) is 5.00. The highest BCUT2D eigenvalue weighted by molar-refractivity contribution is 5.99. The average Bonchev–Trinajstić information content (AvgIpc) is 3.21. The summed E-state index contributed by atoms with van der Waals surface area (Å²) in [6.45, 7) is 3.48. The van der Waals surface area contributed by atoms with Crippen LogP contribution in [0, 0.1) is 11.7 Å². The standard InChI is InChI=1S/C14H20FN3O/c1-2-8-18(9-10-6-7-10)14(19)11-4-3-5-12(15)13(11)17-16/h3-5,10,17H,2,6-9,16H2,1H3. The summed E-state index contributed by atoms with van der Waals surface area (Å²) in [7, 11) is 0. The van der Waals surface area contributed by atoms with Gasteiger partial charge in [-0.05, 0) is 37.3 Å². The van der Waals surface area contributed by atoms with Gasteiger partial charge in [-0.1, -0.05) is 13.0 Å². The van der Waals surface area contributed by atoms with Gasteiger partial charge in [0.2, 0.25) is 0 Å². The Labute approximate surface area is 112 Å².